The van der Waals surface area contributed by atoms with Crippen molar-refractivity contribution in [1.29, 1.82) is 0 Å². The van der Waals surface area contributed by atoms with Crippen molar-refractivity contribution in [2.24, 2.45) is 0 Å². The molecule has 238 valence electrons. The van der Waals surface area contributed by atoms with Gasteiger partial charge in [0.05, 0.1) is 11.0 Å². The Labute approximate surface area is 299 Å². The van der Waals surface area contributed by atoms with Crippen molar-refractivity contribution in [2.45, 2.75) is 19.3 Å². The summed E-state index contributed by atoms with van der Waals surface area (Å²) in [6.45, 7) is 4.79. The second-order valence-corrected chi connectivity index (χ2v) is 15.9. The lowest BCUT2D eigenvalue weighted by Crippen LogP contribution is -2.15. The molecule has 0 bridgehead atoms. The Morgan fingerprint density at radius 3 is 1.94 bits per heavy atom. The fourth-order valence-corrected chi connectivity index (χ4v) is 10.8. The van der Waals surface area contributed by atoms with Gasteiger partial charge in [-0.3, -0.25) is 0 Å². The van der Waals surface area contributed by atoms with Crippen molar-refractivity contribution in [3.63, 3.8) is 0 Å². The van der Waals surface area contributed by atoms with Crippen molar-refractivity contribution >= 4 is 64.1 Å². The van der Waals surface area contributed by atoms with Crippen LogP contribution < -0.4 is 0 Å². The highest BCUT2D eigenvalue weighted by Gasteiger charge is 2.38. The van der Waals surface area contributed by atoms with Crippen LogP contribution in [0.5, 0.6) is 0 Å². The van der Waals surface area contributed by atoms with Crippen LogP contribution in [0, 0.1) is 0 Å². The van der Waals surface area contributed by atoms with Crippen molar-refractivity contribution < 1.29 is 0 Å². The lowest BCUT2D eigenvalue weighted by molar-refractivity contribution is 0.666. The minimum absolute atomic E-state index is 0.0876. The molecular weight excluding hydrogens is 635 g/mol. The Balaban J connectivity index is 1.07. The van der Waals surface area contributed by atoms with Gasteiger partial charge in [-0.2, -0.15) is 0 Å². The van der Waals surface area contributed by atoms with Gasteiger partial charge >= 0.3 is 0 Å². The van der Waals surface area contributed by atoms with E-state index in [1.54, 1.807) is 0 Å². The minimum Gasteiger partial charge on any atom is -0.309 e. The molecule has 0 spiro atoms. The summed E-state index contributed by atoms with van der Waals surface area (Å²) in [5, 5.41) is 8.02. The van der Waals surface area contributed by atoms with E-state index in [1.165, 1.54) is 114 Å². The molecule has 12 rings (SSSR count). The molecule has 0 radical (unpaired) electrons. The van der Waals surface area contributed by atoms with Crippen molar-refractivity contribution in [1.82, 2.24) is 4.57 Å². The Morgan fingerprint density at radius 2 is 1.08 bits per heavy atom. The Hall–Kier alpha value is -5.96. The average molecular weight is 666 g/mol. The summed E-state index contributed by atoms with van der Waals surface area (Å²) in [5.74, 6) is 0. The summed E-state index contributed by atoms with van der Waals surface area (Å²) >= 11 is 1.89. The first-order valence-electron chi connectivity index (χ1n) is 17.9. The summed E-state index contributed by atoms with van der Waals surface area (Å²) < 4.78 is 5.14. The number of hydrogen-bond acceptors (Lipinski definition) is 1. The number of aromatic nitrogens is 1. The SMILES string of the molecule is CC1(C)c2ccccc2-c2ccc3c(c21)c1ccccc1n3-c1ccc2sc3ccc(-c4ccc5c6c(cccc46)-c4ccccc4-5)cc3c2c1. The number of para-hydroxylation sites is 1. The second kappa shape index (κ2) is 9.63. The van der Waals surface area contributed by atoms with E-state index in [2.05, 4.69) is 170 Å². The van der Waals surface area contributed by atoms with E-state index in [-0.39, 0.29) is 5.41 Å². The normalized spacial score (nSPS) is 13.8. The predicted octanol–water partition coefficient (Wildman–Crippen LogP) is 13.9. The fourth-order valence-electron chi connectivity index (χ4n) is 9.74. The fraction of sp³-hybridized carbons (Fsp3) is 0.0612. The van der Waals surface area contributed by atoms with Crippen LogP contribution in [0.3, 0.4) is 0 Å². The second-order valence-electron chi connectivity index (χ2n) is 14.8. The van der Waals surface area contributed by atoms with E-state index in [0.29, 0.717) is 0 Å². The number of nitrogens with zero attached hydrogens (tertiary/aromatic N) is 1. The first kappa shape index (κ1) is 27.8. The minimum atomic E-state index is -0.0876. The number of thiophene rings is 1. The van der Waals surface area contributed by atoms with Crippen LogP contribution in [0.1, 0.15) is 25.0 Å². The number of fused-ring (bicyclic) bond motifs is 13. The van der Waals surface area contributed by atoms with Gasteiger partial charge in [-0.05, 0) is 109 Å². The van der Waals surface area contributed by atoms with Crippen LogP contribution >= 0.6 is 11.3 Å². The van der Waals surface area contributed by atoms with Gasteiger partial charge in [-0.25, -0.2) is 0 Å². The highest BCUT2D eigenvalue weighted by Crippen LogP contribution is 2.54. The van der Waals surface area contributed by atoms with Crippen LogP contribution in [-0.4, -0.2) is 4.57 Å². The molecule has 0 N–H and O–H groups in total. The molecule has 51 heavy (non-hydrogen) atoms. The van der Waals surface area contributed by atoms with E-state index in [4.69, 9.17) is 0 Å². The lowest BCUT2D eigenvalue weighted by Gasteiger charge is -2.22. The molecule has 8 aromatic carbocycles. The Kier molecular flexibility index (Phi) is 5.25. The van der Waals surface area contributed by atoms with Crippen LogP contribution in [0.2, 0.25) is 0 Å². The highest BCUT2D eigenvalue weighted by molar-refractivity contribution is 7.25. The first-order valence-corrected chi connectivity index (χ1v) is 18.7. The van der Waals surface area contributed by atoms with Gasteiger partial charge in [-0.15, -0.1) is 11.3 Å². The maximum absolute atomic E-state index is 2.50. The van der Waals surface area contributed by atoms with E-state index in [0.717, 1.165) is 0 Å². The monoisotopic (exact) mass is 665 g/mol. The standard InChI is InChI=1S/C49H31NS/c1-49(2)41-16-7-5-12-33(41)37-22-23-43-47(48(37)49)38-13-6-8-17-42(38)50(43)29-19-25-45-40(27-29)39-26-28(18-24-44(39)51-45)30-20-21-36-32-11-4-3-10-31(32)35-15-9-14-34(30)46(35)36/h3-27H,1-2H3. The predicted molar refractivity (Wildman–Crippen MR) is 219 cm³/mol. The molecule has 2 aliphatic carbocycles. The molecule has 0 unspecified atom stereocenters. The third-order valence-electron chi connectivity index (χ3n) is 11.9. The molecule has 0 aliphatic heterocycles. The van der Waals surface area contributed by atoms with Gasteiger partial charge < -0.3 is 4.57 Å². The zero-order chi connectivity index (χ0) is 33.6. The summed E-state index contributed by atoms with van der Waals surface area (Å²) in [6, 6.07) is 57.1. The van der Waals surface area contributed by atoms with Gasteiger partial charge in [0.15, 0.2) is 0 Å². The van der Waals surface area contributed by atoms with Gasteiger partial charge in [-0.1, -0.05) is 123 Å². The molecule has 2 heterocycles. The summed E-state index contributed by atoms with van der Waals surface area (Å²) in [5.41, 5.74) is 17.1. The van der Waals surface area contributed by atoms with Crippen LogP contribution in [-0.2, 0) is 5.41 Å². The Morgan fingerprint density at radius 1 is 0.431 bits per heavy atom. The molecule has 2 heteroatoms. The maximum Gasteiger partial charge on any atom is 0.0544 e. The Bertz CT molecular complexity index is 3140. The van der Waals surface area contributed by atoms with Crippen molar-refractivity contribution in [3.8, 4) is 50.2 Å². The maximum atomic E-state index is 2.50. The third-order valence-corrected chi connectivity index (χ3v) is 13.1. The molecule has 0 saturated heterocycles. The summed E-state index contributed by atoms with van der Waals surface area (Å²) in [7, 11) is 0. The van der Waals surface area contributed by atoms with Crippen LogP contribution in [0.15, 0.2) is 152 Å². The molecule has 10 aromatic rings. The van der Waals surface area contributed by atoms with Gasteiger partial charge in [0.25, 0.3) is 0 Å². The molecule has 0 saturated carbocycles. The first-order chi connectivity index (χ1) is 25.1. The number of rotatable bonds is 2. The molecule has 2 aliphatic rings. The van der Waals surface area contributed by atoms with Crippen LogP contribution in [0.4, 0.5) is 0 Å². The largest absolute Gasteiger partial charge is 0.309 e. The molecular formula is C49H31NS. The van der Waals surface area contributed by atoms with E-state index in [9.17, 15) is 0 Å². The zero-order valence-electron chi connectivity index (χ0n) is 28.3. The van der Waals surface area contributed by atoms with Crippen molar-refractivity contribution in [3.05, 3.63) is 163 Å². The number of benzene rings is 8. The zero-order valence-corrected chi connectivity index (χ0v) is 29.1. The summed E-state index contributed by atoms with van der Waals surface area (Å²) in [6.07, 6.45) is 0. The molecule has 0 atom stereocenters. The van der Waals surface area contributed by atoms with Crippen LogP contribution in [0.25, 0.3) is 103 Å². The number of hydrogen-bond donors (Lipinski definition) is 0. The smallest absolute Gasteiger partial charge is 0.0544 e. The molecule has 0 amide bonds. The molecule has 0 fully saturated rings. The quantitative estimate of drug-likeness (QED) is 0.173. The third kappa shape index (κ3) is 3.50. The highest BCUT2D eigenvalue weighted by atomic mass is 32.1. The summed E-state index contributed by atoms with van der Waals surface area (Å²) in [4.78, 5) is 0. The van der Waals surface area contributed by atoms with E-state index < -0.39 is 0 Å². The molecule has 2 aromatic heterocycles. The lowest BCUT2D eigenvalue weighted by atomic mass is 9.80. The topological polar surface area (TPSA) is 4.93 Å². The average Bonchev–Trinajstić information content (AvgIpc) is 3.88. The van der Waals surface area contributed by atoms with E-state index >= 15 is 0 Å². The van der Waals surface area contributed by atoms with Gasteiger partial charge in [0.2, 0.25) is 0 Å². The van der Waals surface area contributed by atoms with Crippen molar-refractivity contribution in [2.75, 3.05) is 0 Å². The molecule has 1 nitrogen and oxygen atoms in total. The van der Waals surface area contributed by atoms with Gasteiger partial charge in [0.1, 0.15) is 0 Å². The van der Waals surface area contributed by atoms with Gasteiger partial charge in [0, 0.05) is 42.0 Å². The van der Waals surface area contributed by atoms with E-state index in [1.807, 2.05) is 11.3 Å².